The van der Waals surface area contributed by atoms with Gasteiger partial charge >= 0.3 is 12.1 Å². The number of alkyl carbamates (subject to hydrolysis) is 1. The van der Waals surface area contributed by atoms with Crippen LogP contribution in [0.2, 0.25) is 0 Å². The normalized spacial score (nSPS) is 15.6. The fourth-order valence-electron chi connectivity index (χ4n) is 2.54. The van der Waals surface area contributed by atoms with E-state index in [-0.39, 0.29) is 12.6 Å². The van der Waals surface area contributed by atoms with E-state index in [1.165, 1.54) is 0 Å². The van der Waals surface area contributed by atoms with Crippen LogP contribution in [0.15, 0.2) is 30.3 Å². The van der Waals surface area contributed by atoms with Gasteiger partial charge in [0.05, 0.1) is 13.2 Å². The van der Waals surface area contributed by atoms with E-state index >= 15 is 0 Å². The Morgan fingerprint density at radius 3 is 2.48 bits per heavy atom. The Balaban J connectivity index is 1.83. The minimum Gasteiger partial charge on any atom is -0.445 e. The van der Waals surface area contributed by atoms with E-state index in [1.807, 2.05) is 44.2 Å². The summed E-state index contributed by atoms with van der Waals surface area (Å²) in [5.74, 6) is 0.310. The Hall–Kier alpha value is -2.28. The molecule has 1 heterocycles. The summed E-state index contributed by atoms with van der Waals surface area (Å²) >= 11 is 0. The van der Waals surface area contributed by atoms with Gasteiger partial charge in [-0.15, -0.1) is 0 Å². The second kappa shape index (κ2) is 9.88. The predicted molar refractivity (Wildman–Crippen MR) is 93.9 cm³/mol. The van der Waals surface area contributed by atoms with Gasteiger partial charge in [0.2, 0.25) is 0 Å². The molecule has 7 nitrogen and oxygen atoms in total. The molecule has 0 bridgehead atoms. The first kappa shape index (κ1) is 19.1. The van der Waals surface area contributed by atoms with E-state index in [9.17, 15) is 9.59 Å². The number of ether oxygens (including phenoxy) is 2. The van der Waals surface area contributed by atoms with Crippen LogP contribution in [0.1, 0.15) is 25.8 Å². The summed E-state index contributed by atoms with van der Waals surface area (Å²) < 4.78 is 10.5. The molecule has 0 unspecified atom stereocenters. The van der Waals surface area contributed by atoms with E-state index in [0.717, 1.165) is 5.56 Å². The second-order valence-corrected chi connectivity index (χ2v) is 6.44. The van der Waals surface area contributed by atoms with Gasteiger partial charge in [-0.25, -0.2) is 9.59 Å². The zero-order valence-electron chi connectivity index (χ0n) is 14.9. The molecule has 1 aromatic carbocycles. The second-order valence-electron chi connectivity index (χ2n) is 6.44. The molecular weight excluding hydrogens is 322 g/mol. The average Bonchev–Trinajstić information content (AvgIpc) is 2.61. The van der Waals surface area contributed by atoms with Crippen LogP contribution in [-0.4, -0.2) is 49.5 Å². The number of morpholine rings is 1. The van der Waals surface area contributed by atoms with Crippen LogP contribution in [-0.2, 0) is 16.1 Å². The van der Waals surface area contributed by atoms with Gasteiger partial charge in [-0.1, -0.05) is 44.2 Å². The van der Waals surface area contributed by atoms with Gasteiger partial charge in [0, 0.05) is 13.1 Å². The molecule has 0 spiro atoms. The SMILES string of the molecule is CC(C)C[C@H](NC(=O)OCc1ccccc1)NC(=O)N1CCOCC1. The van der Waals surface area contributed by atoms with E-state index in [0.29, 0.717) is 38.6 Å². The van der Waals surface area contributed by atoms with Crippen molar-refractivity contribution in [2.75, 3.05) is 26.3 Å². The van der Waals surface area contributed by atoms with Crippen molar-refractivity contribution in [3.63, 3.8) is 0 Å². The minimum atomic E-state index is -0.545. The standard InChI is InChI=1S/C18H27N3O4/c1-14(2)12-16(19-17(22)21-8-10-24-11-9-21)20-18(23)25-13-15-6-4-3-5-7-15/h3-7,14,16H,8-13H2,1-2H3,(H,19,22)(H,20,23)/t16-/m0/s1. The van der Waals surface area contributed by atoms with Gasteiger partial charge in [-0.2, -0.15) is 0 Å². The molecule has 138 valence electrons. The fraction of sp³-hybridized carbons (Fsp3) is 0.556. The molecule has 2 rings (SSSR count). The number of urea groups is 1. The van der Waals surface area contributed by atoms with Gasteiger partial charge in [-0.05, 0) is 17.9 Å². The van der Waals surface area contributed by atoms with Gasteiger partial charge < -0.3 is 25.0 Å². The molecule has 1 aliphatic heterocycles. The van der Waals surface area contributed by atoms with E-state index in [4.69, 9.17) is 9.47 Å². The number of hydrogen-bond donors (Lipinski definition) is 2. The summed E-state index contributed by atoms with van der Waals surface area (Å²) in [5, 5.41) is 5.60. The number of nitrogens with zero attached hydrogens (tertiary/aromatic N) is 1. The van der Waals surface area contributed by atoms with Crippen LogP contribution in [0.4, 0.5) is 9.59 Å². The molecular formula is C18H27N3O4. The highest BCUT2D eigenvalue weighted by atomic mass is 16.5. The molecule has 2 N–H and O–H groups in total. The topological polar surface area (TPSA) is 79.9 Å². The summed E-state index contributed by atoms with van der Waals surface area (Å²) in [7, 11) is 0. The van der Waals surface area contributed by atoms with Crippen molar-refractivity contribution in [1.29, 1.82) is 0 Å². The van der Waals surface area contributed by atoms with Crippen LogP contribution in [0.25, 0.3) is 0 Å². The fourth-order valence-corrected chi connectivity index (χ4v) is 2.54. The van der Waals surface area contributed by atoms with Gasteiger partial charge in [0.25, 0.3) is 0 Å². The Morgan fingerprint density at radius 1 is 1.16 bits per heavy atom. The van der Waals surface area contributed by atoms with Crippen LogP contribution in [0.3, 0.4) is 0 Å². The molecule has 0 radical (unpaired) electrons. The molecule has 1 atom stereocenters. The highest BCUT2D eigenvalue weighted by molar-refractivity contribution is 5.75. The predicted octanol–water partition coefficient (Wildman–Crippen LogP) is 2.33. The molecule has 7 heteroatoms. The zero-order valence-corrected chi connectivity index (χ0v) is 14.9. The largest absolute Gasteiger partial charge is 0.445 e. The molecule has 1 saturated heterocycles. The number of carbonyl (C=O) groups is 2. The molecule has 25 heavy (non-hydrogen) atoms. The first-order valence-electron chi connectivity index (χ1n) is 8.65. The lowest BCUT2D eigenvalue weighted by molar-refractivity contribution is 0.0518. The van der Waals surface area contributed by atoms with Crippen molar-refractivity contribution >= 4 is 12.1 Å². The van der Waals surface area contributed by atoms with Crippen molar-refractivity contribution in [1.82, 2.24) is 15.5 Å². The number of carbonyl (C=O) groups excluding carboxylic acids is 2. The maximum atomic E-state index is 12.3. The van der Waals surface area contributed by atoms with Crippen molar-refractivity contribution in [3.8, 4) is 0 Å². The summed E-state index contributed by atoms with van der Waals surface area (Å²) in [4.78, 5) is 26.1. The summed E-state index contributed by atoms with van der Waals surface area (Å²) in [5.41, 5.74) is 0.912. The first-order valence-corrected chi connectivity index (χ1v) is 8.65. The average molecular weight is 349 g/mol. The zero-order chi connectivity index (χ0) is 18.1. The third kappa shape index (κ3) is 7.01. The van der Waals surface area contributed by atoms with E-state index < -0.39 is 12.3 Å². The van der Waals surface area contributed by atoms with Gasteiger partial charge in [-0.3, -0.25) is 0 Å². The number of rotatable bonds is 6. The molecule has 1 aliphatic rings. The van der Waals surface area contributed by atoms with Crippen molar-refractivity contribution in [2.24, 2.45) is 5.92 Å². The molecule has 0 saturated carbocycles. The lowest BCUT2D eigenvalue weighted by Crippen LogP contribution is -2.54. The number of hydrogen-bond acceptors (Lipinski definition) is 4. The molecule has 1 fully saturated rings. The Labute approximate surface area is 148 Å². The van der Waals surface area contributed by atoms with E-state index in [1.54, 1.807) is 4.90 Å². The number of benzene rings is 1. The molecule has 1 aromatic rings. The monoisotopic (exact) mass is 349 g/mol. The van der Waals surface area contributed by atoms with Crippen molar-refractivity contribution in [2.45, 2.75) is 33.0 Å². The Kier molecular flexibility index (Phi) is 7.53. The first-order chi connectivity index (χ1) is 12.0. The highest BCUT2D eigenvalue weighted by Crippen LogP contribution is 2.06. The minimum absolute atomic E-state index is 0.193. The molecule has 3 amide bonds. The van der Waals surface area contributed by atoms with Crippen molar-refractivity contribution in [3.05, 3.63) is 35.9 Å². The van der Waals surface area contributed by atoms with Gasteiger partial charge in [0.15, 0.2) is 0 Å². The molecule has 0 aliphatic carbocycles. The summed E-state index contributed by atoms with van der Waals surface area (Å²) in [6, 6.07) is 9.26. The maximum absolute atomic E-state index is 12.3. The van der Waals surface area contributed by atoms with Crippen LogP contribution < -0.4 is 10.6 Å². The van der Waals surface area contributed by atoms with Gasteiger partial charge in [0.1, 0.15) is 12.8 Å². The van der Waals surface area contributed by atoms with Crippen molar-refractivity contribution < 1.29 is 19.1 Å². The number of nitrogens with one attached hydrogen (secondary N) is 2. The highest BCUT2D eigenvalue weighted by Gasteiger charge is 2.22. The maximum Gasteiger partial charge on any atom is 0.409 e. The Morgan fingerprint density at radius 2 is 1.84 bits per heavy atom. The third-order valence-electron chi connectivity index (χ3n) is 3.81. The number of amides is 3. The van der Waals surface area contributed by atoms with E-state index in [2.05, 4.69) is 10.6 Å². The lowest BCUT2D eigenvalue weighted by atomic mass is 10.1. The summed E-state index contributed by atoms with van der Waals surface area (Å²) in [6.07, 6.45) is -0.397. The van der Waals surface area contributed by atoms with Crippen LogP contribution in [0.5, 0.6) is 0 Å². The lowest BCUT2D eigenvalue weighted by Gasteiger charge is -2.30. The quantitative estimate of drug-likeness (QED) is 0.773. The Bertz CT molecular complexity index is 545. The van der Waals surface area contributed by atoms with Crippen LogP contribution >= 0.6 is 0 Å². The summed E-state index contributed by atoms with van der Waals surface area (Å²) in [6.45, 7) is 6.44. The molecule has 0 aromatic heterocycles. The van der Waals surface area contributed by atoms with Crippen LogP contribution in [0, 0.1) is 5.92 Å². The third-order valence-corrected chi connectivity index (χ3v) is 3.81. The smallest absolute Gasteiger partial charge is 0.409 e.